The van der Waals surface area contributed by atoms with Crippen molar-refractivity contribution >= 4 is 16.9 Å². The Kier molecular flexibility index (Phi) is 5.49. The average molecular weight is 366 g/mol. The molecule has 5 heteroatoms. The average Bonchev–Trinajstić information content (AvgIpc) is 2.99. The zero-order valence-corrected chi connectivity index (χ0v) is 16.6. The molecule has 3 aromatic rings. The number of aryl methyl sites for hydroxylation is 3. The first kappa shape index (κ1) is 19.0. The van der Waals surface area contributed by atoms with Crippen LogP contribution in [0.25, 0.3) is 11.0 Å². The van der Waals surface area contributed by atoms with Gasteiger partial charge < -0.3 is 14.6 Å². The normalized spacial score (nSPS) is 12.2. The van der Waals surface area contributed by atoms with Gasteiger partial charge in [0.05, 0.1) is 19.1 Å². The molecule has 0 saturated carbocycles. The molecule has 0 aliphatic carbocycles. The quantitative estimate of drug-likeness (QED) is 0.694. The fourth-order valence-electron chi connectivity index (χ4n) is 3.46. The largest absolute Gasteiger partial charge is 0.494 e. The van der Waals surface area contributed by atoms with Gasteiger partial charge in [-0.2, -0.15) is 0 Å². The molecule has 0 fully saturated rings. The van der Waals surface area contributed by atoms with Gasteiger partial charge in [-0.05, 0) is 57.9 Å². The molecular formula is C22H26N2O3. The molecule has 142 valence electrons. The van der Waals surface area contributed by atoms with Crippen molar-refractivity contribution in [3.05, 3.63) is 58.3 Å². The maximum absolute atomic E-state index is 12.6. The number of rotatable bonds is 6. The summed E-state index contributed by atoms with van der Waals surface area (Å²) < 4.78 is 11.1. The Morgan fingerprint density at radius 2 is 1.96 bits per heavy atom. The van der Waals surface area contributed by atoms with Gasteiger partial charge in [0, 0.05) is 10.9 Å². The molecule has 3 rings (SSSR count). The van der Waals surface area contributed by atoms with Crippen molar-refractivity contribution in [3.63, 3.8) is 0 Å². The molecule has 1 unspecified atom stereocenters. The number of benzene rings is 2. The zero-order chi connectivity index (χ0) is 19.6. The van der Waals surface area contributed by atoms with Crippen LogP contribution in [0.1, 0.15) is 47.8 Å². The van der Waals surface area contributed by atoms with Crippen LogP contribution in [-0.2, 0) is 11.2 Å². The van der Waals surface area contributed by atoms with Gasteiger partial charge in [0.15, 0.2) is 5.58 Å². The Morgan fingerprint density at radius 1 is 1.19 bits per heavy atom. The van der Waals surface area contributed by atoms with E-state index in [1.807, 2.05) is 58.9 Å². The zero-order valence-electron chi connectivity index (χ0n) is 16.6. The molecule has 1 N–H and O–H groups in total. The molecule has 0 aliphatic rings. The molecule has 1 heterocycles. The first-order valence-electron chi connectivity index (χ1n) is 9.27. The predicted octanol–water partition coefficient (Wildman–Crippen LogP) is 4.57. The monoisotopic (exact) mass is 366 g/mol. The van der Waals surface area contributed by atoms with Gasteiger partial charge in [0.1, 0.15) is 11.4 Å². The van der Waals surface area contributed by atoms with E-state index in [9.17, 15) is 4.79 Å². The lowest BCUT2D eigenvalue weighted by molar-refractivity contribution is -0.121. The summed E-state index contributed by atoms with van der Waals surface area (Å²) in [6, 6.07) is 9.86. The number of hydrogen-bond donors (Lipinski definition) is 1. The molecule has 1 aromatic heterocycles. The summed E-state index contributed by atoms with van der Waals surface area (Å²) in [7, 11) is 0. The maximum Gasteiger partial charge on any atom is 0.226 e. The highest BCUT2D eigenvalue weighted by molar-refractivity contribution is 5.88. The predicted molar refractivity (Wildman–Crippen MR) is 106 cm³/mol. The van der Waals surface area contributed by atoms with Crippen molar-refractivity contribution in [3.8, 4) is 5.75 Å². The third-order valence-electron chi connectivity index (χ3n) is 4.62. The van der Waals surface area contributed by atoms with Gasteiger partial charge >= 0.3 is 0 Å². The molecule has 0 radical (unpaired) electrons. The maximum atomic E-state index is 12.6. The van der Waals surface area contributed by atoms with E-state index in [2.05, 4.69) is 16.5 Å². The van der Waals surface area contributed by atoms with Crippen molar-refractivity contribution in [1.29, 1.82) is 0 Å². The first-order valence-corrected chi connectivity index (χ1v) is 9.27. The van der Waals surface area contributed by atoms with Gasteiger partial charge in [0.2, 0.25) is 5.91 Å². The molecule has 1 atom stereocenters. The van der Waals surface area contributed by atoms with Crippen LogP contribution in [0.2, 0.25) is 0 Å². The van der Waals surface area contributed by atoms with E-state index in [4.69, 9.17) is 9.26 Å². The molecule has 0 spiro atoms. The third kappa shape index (κ3) is 4.13. The fraction of sp³-hybridized carbons (Fsp3) is 0.364. The summed E-state index contributed by atoms with van der Waals surface area (Å²) in [4.78, 5) is 12.6. The Labute approximate surface area is 159 Å². The van der Waals surface area contributed by atoms with Gasteiger partial charge in [-0.1, -0.05) is 28.9 Å². The van der Waals surface area contributed by atoms with Crippen LogP contribution in [0.5, 0.6) is 5.75 Å². The van der Waals surface area contributed by atoms with Gasteiger partial charge in [0.25, 0.3) is 0 Å². The van der Waals surface area contributed by atoms with E-state index in [1.165, 1.54) is 0 Å². The topological polar surface area (TPSA) is 64.4 Å². The molecule has 5 nitrogen and oxygen atoms in total. The van der Waals surface area contributed by atoms with Gasteiger partial charge in [-0.3, -0.25) is 4.79 Å². The minimum absolute atomic E-state index is 0.0957. The number of carbonyl (C=O) groups excluding carboxylic acids is 1. The minimum atomic E-state index is -0.166. The number of hydrogen-bond acceptors (Lipinski definition) is 4. The number of carbonyl (C=O) groups is 1. The van der Waals surface area contributed by atoms with E-state index >= 15 is 0 Å². The molecule has 0 bridgehead atoms. The van der Waals surface area contributed by atoms with E-state index in [0.29, 0.717) is 12.3 Å². The summed E-state index contributed by atoms with van der Waals surface area (Å²) >= 11 is 0. The number of aromatic nitrogens is 1. The van der Waals surface area contributed by atoms with Crippen LogP contribution in [0.3, 0.4) is 0 Å². The molecule has 27 heavy (non-hydrogen) atoms. The minimum Gasteiger partial charge on any atom is -0.494 e. The van der Waals surface area contributed by atoms with Crippen molar-refractivity contribution in [2.75, 3.05) is 6.61 Å². The molecular weight excluding hydrogens is 340 g/mol. The number of ether oxygens (including phenoxy) is 1. The number of nitrogens with one attached hydrogen (secondary N) is 1. The van der Waals surface area contributed by atoms with Crippen LogP contribution in [0.15, 0.2) is 34.9 Å². The van der Waals surface area contributed by atoms with Crippen molar-refractivity contribution in [2.24, 2.45) is 0 Å². The van der Waals surface area contributed by atoms with Crippen LogP contribution in [0, 0.1) is 20.8 Å². The lowest BCUT2D eigenvalue weighted by Gasteiger charge is -2.18. The summed E-state index contributed by atoms with van der Waals surface area (Å²) in [6.45, 7) is 10.6. The highest BCUT2D eigenvalue weighted by Crippen LogP contribution is 2.27. The first-order chi connectivity index (χ1) is 12.9. The number of nitrogens with zero attached hydrogens (tertiary/aromatic N) is 1. The fourth-order valence-corrected chi connectivity index (χ4v) is 3.46. The third-order valence-corrected chi connectivity index (χ3v) is 4.62. The second-order valence-corrected chi connectivity index (χ2v) is 7.02. The smallest absolute Gasteiger partial charge is 0.226 e. The van der Waals surface area contributed by atoms with Crippen molar-refractivity contribution < 1.29 is 14.1 Å². The van der Waals surface area contributed by atoms with Crippen LogP contribution in [0.4, 0.5) is 0 Å². The second kappa shape index (κ2) is 7.82. The highest BCUT2D eigenvalue weighted by atomic mass is 16.5. The second-order valence-electron chi connectivity index (χ2n) is 7.02. The van der Waals surface area contributed by atoms with Crippen LogP contribution >= 0.6 is 0 Å². The Bertz CT molecular complexity index is 975. The summed E-state index contributed by atoms with van der Waals surface area (Å²) in [6.07, 6.45) is 0.178. The SMILES string of the molecule is CCOc1ccc(C)cc1C(C)NC(=O)Cc1noc2cc(C)cc(C)c12. The Hall–Kier alpha value is -2.82. The van der Waals surface area contributed by atoms with E-state index in [-0.39, 0.29) is 18.4 Å². The molecule has 0 saturated heterocycles. The number of fused-ring (bicyclic) bond motifs is 1. The summed E-state index contributed by atoms with van der Waals surface area (Å²) in [5, 5.41) is 8.10. The highest BCUT2D eigenvalue weighted by Gasteiger charge is 2.18. The van der Waals surface area contributed by atoms with Crippen LogP contribution < -0.4 is 10.1 Å². The number of amides is 1. The van der Waals surface area contributed by atoms with Crippen LogP contribution in [-0.4, -0.2) is 17.7 Å². The van der Waals surface area contributed by atoms with Gasteiger partial charge in [-0.25, -0.2) is 0 Å². The molecule has 0 aliphatic heterocycles. The van der Waals surface area contributed by atoms with Crippen molar-refractivity contribution in [1.82, 2.24) is 10.5 Å². The Balaban J connectivity index is 1.78. The van der Waals surface area contributed by atoms with Crippen molar-refractivity contribution in [2.45, 2.75) is 47.1 Å². The standard InChI is InChI=1S/C22H26N2O3/c1-6-26-19-8-7-13(2)10-17(19)16(5)23-21(25)12-18-22-15(4)9-14(3)11-20(22)27-24-18/h7-11,16H,6,12H2,1-5H3,(H,23,25). The van der Waals surface area contributed by atoms with E-state index in [1.54, 1.807) is 0 Å². The van der Waals surface area contributed by atoms with Gasteiger partial charge in [-0.15, -0.1) is 0 Å². The lowest BCUT2D eigenvalue weighted by Crippen LogP contribution is -2.28. The summed E-state index contributed by atoms with van der Waals surface area (Å²) in [5.74, 6) is 0.704. The molecule has 2 aromatic carbocycles. The van der Waals surface area contributed by atoms with E-state index < -0.39 is 0 Å². The summed E-state index contributed by atoms with van der Waals surface area (Å²) in [5.41, 5.74) is 5.68. The Morgan fingerprint density at radius 3 is 2.70 bits per heavy atom. The molecule has 1 amide bonds. The van der Waals surface area contributed by atoms with E-state index in [0.717, 1.165) is 39.0 Å². The lowest BCUT2D eigenvalue weighted by atomic mass is 10.0.